The Kier molecular flexibility index (Phi) is 7.78. The second-order valence-corrected chi connectivity index (χ2v) is 7.97. The lowest BCUT2D eigenvalue weighted by atomic mass is 10.0. The van der Waals surface area contributed by atoms with E-state index in [9.17, 15) is 9.59 Å². The molecule has 2 rings (SSSR count). The molecule has 4 nitrogen and oxygen atoms in total. The molecule has 2 aliphatic heterocycles. The minimum Gasteiger partial charge on any atom is -0.464 e. The molecule has 0 amide bonds. The van der Waals surface area contributed by atoms with E-state index in [1.54, 1.807) is 0 Å². The Balaban J connectivity index is 1.26. The molecule has 6 heteroatoms. The highest BCUT2D eigenvalue weighted by atomic mass is 32.2. The van der Waals surface area contributed by atoms with Crippen molar-refractivity contribution >= 4 is 35.5 Å². The summed E-state index contributed by atoms with van der Waals surface area (Å²) in [5.74, 6) is 5.08. The van der Waals surface area contributed by atoms with Gasteiger partial charge in [0.25, 0.3) is 0 Å². The van der Waals surface area contributed by atoms with E-state index in [0.29, 0.717) is 13.2 Å². The fraction of sp³-hybridized carbons (Fsp3) is 0.867. The summed E-state index contributed by atoms with van der Waals surface area (Å²) in [6.07, 6.45) is 5.46. The van der Waals surface area contributed by atoms with E-state index >= 15 is 0 Å². The van der Waals surface area contributed by atoms with E-state index in [2.05, 4.69) is 0 Å². The molecule has 0 spiro atoms. The monoisotopic (exact) mass is 332 g/mol. The molecule has 2 atom stereocenters. The lowest BCUT2D eigenvalue weighted by Crippen LogP contribution is -2.34. The highest BCUT2D eigenvalue weighted by Crippen LogP contribution is 2.21. The maximum atomic E-state index is 10.9. The van der Waals surface area contributed by atoms with Crippen LogP contribution < -0.4 is 0 Å². The molecule has 2 unspecified atom stereocenters. The zero-order chi connectivity index (χ0) is 14.9. The van der Waals surface area contributed by atoms with Crippen LogP contribution in [-0.4, -0.2) is 48.2 Å². The molecule has 0 aromatic rings. The Morgan fingerprint density at radius 2 is 1.19 bits per heavy atom. The molecule has 2 saturated heterocycles. The van der Waals surface area contributed by atoms with Crippen molar-refractivity contribution in [3.63, 3.8) is 0 Å². The van der Waals surface area contributed by atoms with Gasteiger partial charge in [-0.3, -0.25) is 9.59 Å². The zero-order valence-corrected chi connectivity index (χ0v) is 14.0. The molecule has 0 radical (unpaired) electrons. The first-order valence-electron chi connectivity index (χ1n) is 7.76. The van der Waals surface area contributed by atoms with Crippen LogP contribution in [0.15, 0.2) is 0 Å². The van der Waals surface area contributed by atoms with Crippen molar-refractivity contribution in [2.45, 2.75) is 32.1 Å². The van der Waals surface area contributed by atoms with Crippen molar-refractivity contribution in [2.24, 2.45) is 11.8 Å². The summed E-state index contributed by atoms with van der Waals surface area (Å²) in [5.41, 5.74) is 0. The van der Waals surface area contributed by atoms with Crippen molar-refractivity contribution < 1.29 is 19.1 Å². The number of thioether (sulfide) groups is 2. The molecule has 0 aromatic carbocycles. The van der Waals surface area contributed by atoms with Gasteiger partial charge in [0, 0.05) is 0 Å². The number of carbonyl (C=O) groups excluding carboxylic acids is 2. The summed E-state index contributed by atoms with van der Waals surface area (Å²) >= 11 is 3.97. The largest absolute Gasteiger partial charge is 0.464 e. The summed E-state index contributed by atoms with van der Waals surface area (Å²) in [4.78, 5) is 21.9. The molecule has 2 aliphatic rings. The Hall–Kier alpha value is -0.360. The van der Waals surface area contributed by atoms with Crippen LogP contribution in [0.25, 0.3) is 0 Å². The van der Waals surface area contributed by atoms with Gasteiger partial charge < -0.3 is 9.47 Å². The summed E-state index contributed by atoms with van der Waals surface area (Å²) in [7, 11) is 0. The molecule has 0 aromatic heterocycles. The van der Waals surface area contributed by atoms with Crippen LogP contribution >= 0.6 is 23.5 Å². The van der Waals surface area contributed by atoms with E-state index in [1.807, 2.05) is 23.5 Å². The minimum absolute atomic E-state index is 0.00781. The molecule has 2 fully saturated rings. The third-order valence-electron chi connectivity index (χ3n) is 3.78. The van der Waals surface area contributed by atoms with E-state index in [0.717, 1.165) is 37.2 Å². The van der Waals surface area contributed by atoms with Crippen LogP contribution in [0.3, 0.4) is 0 Å². The van der Waals surface area contributed by atoms with Gasteiger partial charge >= 0.3 is 11.9 Å². The molecule has 0 saturated carbocycles. The number of ether oxygens (including phenoxy) is 2. The molecule has 0 bridgehead atoms. The standard InChI is InChI=1S/C15H24O4S2/c16-14-12(10-18-14)4-1-6-20-8-3-9-21-7-2-5-13-11-19-15(13)17/h12-13H,1-11H2. The average molecular weight is 332 g/mol. The number of rotatable bonds is 12. The Morgan fingerprint density at radius 1 is 0.762 bits per heavy atom. The molecule has 0 aliphatic carbocycles. The van der Waals surface area contributed by atoms with E-state index in [1.165, 1.54) is 17.9 Å². The Bertz CT molecular complexity index is 317. The summed E-state index contributed by atoms with van der Waals surface area (Å²) in [5, 5.41) is 0. The fourth-order valence-electron chi connectivity index (χ4n) is 2.27. The van der Waals surface area contributed by atoms with Crippen LogP contribution in [0, 0.1) is 11.8 Å². The summed E-state index contributed by atoms with van der Waals surface area (Å²) in [6, 6.07) is 0. The maximum Gasteiger partial charge on any atom is 0.312 e. The average Bonchev–Trinajstić information content (AvgIpc) is 2.48. The van der Waals surface area contributed by atoms with Gasteiger partial charge in [-0.2, -0.15) is 23.5 Å². The number of esters is 2. The van der Waals surface area contributed by atoms with E-state index in [4.69, 9.17) is 9.47 Å². The molecule has 21 heavy (non-hydrogen) atoms. The van der Waals surface area contributed by atoms with Crippen molar-refractivity contribution in [2.75, 3.05) is 36.2 Å². The zero-order valence-electron chi connectivity index (χ0n) is 12.4. The van der Waals surface area contributed by atoms with Crippen molar-refractivity contribution in [1.29, 1.82) is 0 Å². The molecule has 0 N–H and O–H groups in total. The van der Waals surface area contributed by atoms with Crippen molar-refractivity contribution in [1.82, 2.24) is 0 Å². The van der Waals surface area contributed by atoms with Crippen LogP contribution in [0.2, 0.25) is 0 Å². The normalized spacial score (nSPS) is 24.0. The van der Waals surface area contributed by atoms with Gasteiger partial charge in [-0.15, -0.1) is 0 Å². The first kappa shape index (κ1) is 17.0. The summed E-state index contributed by atoms with van der Waals surface area (Å²) < 4.78 is 9.49. The van der Waals surface area contributed by atoms with Gasteiger partial charge in [-0.1, -0.05) is 0 Å². The van der Waals surface area contributed by atoms with Crippen LogP contribution in [0.4, 0.5) is 0 Å². The van der Waals surface area contributed by atoms with Crippen molar-refractivity contribution in [3.05, 3.63) is 0 Å². The fourth-order valence-corrected chi connectivity index (χ4v) is 4.30. The van der Waals surface area contributed by atoms with E-state index in [-0.39, 0.29) is 23.8 Å². The number of hydrogen-bond acceptors (Lipinski definition) is 6. The first-order chi connectivity index (χ1) is 10.3. The highest BCUT2D eigenvalue weighted by molar-refractivity contribution is 8.00. The number of cyclic esters (lactones) is 2. The smallest absolute Gasteiger partial charge is 0.312 e. The van der Waals surface area contributed by atoms with Gasteiger partial charge in [0.15, 0.2) is 0 Å². The van der Waals surface area contributed by atoms with Gasteiger partial charge in [-0.05, 0) is 55.1 Å². The Morgan fingerprint density at radius 3 is 1.52 bits per heavy atom. The second-order valence-electron chi connectivity index (χ2n) is 5.52. The Labute approximate surface area is 135 Å². The summed E-state index contributed by atoms with van der Waals surface area (Å²) in [6.45, 7) is 1.28. The van der Waals surface area contributed by atoms with Gasteiger partial charge in [0.1, 0.15) is 13.2 Å². The van der Waals surface area contributed by atoms with Crippen LogP contribution in [0.5, 0.6) is 0 Å². The highest BCUT2D eigenvalue weighted by Gasteiger charge is 2.30. The molecule has 120 valence electrons. The predicted molar refractivity (Wildman–Crippen MR) is 86.6 cm³/mol. The van der Waals surface area contributed by atoms with Gasteiger partial charge in [0.2, 0.25) is 0 Å². The minimum atomic E-state index is -0.00781. The van der Waals surface area contributed by atoms with Crippen LogP contribution in [-0.2, 0) is 19.1 Å². The van der Waals surface area contributed by atoms with E-state index < -0.39 is 0 Å². The lowest BCUT2D eigenvalue weighted by molar-refractivity contribution is -0.169. The van der Waals surface area contributed by atoms with Gasteiger partial charge in [-0.25, -0.2) is 0 Å². The second kappa shape index (κ2) is 9.62. The quantitative estimate of drug-likeness (QED) is 0.405. The number of carbonyl (C=O) groups is 2. The topological polar surface area (TPSA) is 52.6 Å². The van der Waals surface area contributed by atoms with Crippen LogP contribution in [0.1, 0.15) is 32.1 Å². The van der Waals surface area contributed by atoms with Crippen molar-refractivity contribution in [3.8, 4) is 0 Å². The maximum absolute atomic E-state index is 10.9. The van der Waals surface area contributed by atoms with Gasteiger partial charge in [0.05, 0.1) is 11.8 Å². The molecular formula is C15H24O4S2. The third-order valence-corrected chi connectivity index (χ3v) is 6.09. The molecular weight excluding hydrogens is 308 g/mol. The first-order valence-corrected chi connectivity index (χ1v) is 10.1. The SMILES string of the molecule is O=C1OCC1CCCSCCCSCCCC1COC1=O. The predicted octanol–water partition coefficient (Wildman–Crippen LogP) is 2.75. The lowest BCUT2D eigenvalue weighted by Gasteiger charge is -2.24. The third kappa shape index (κ3) is 6.10. The number of hydrogen-bond donors (Lipinski definition) is 0. The molecule has 2 heterocycles.